The highest BCUT2D eigenvalue weighted by atomic mass is 16.5. The van der Waals surface area contributed by atoms with Crippen molar-refractivity contribution in [2.45, 2.75) is 63.8 Å². The molecule has 0 spiro atoms. The average Bonchev–Trinajstić information content (AvgIpc) is 2.57. The predicted octanol–water partition coefficient (Wildman–Crippen LogP) is 3.04. The summed E-state index contributed by atoms with van der Waals surface area (Å²) in [5, 5.41) is 18.4. The number of benzene rings is 1. The van der Waals surface area contributed by atoms with Gasteiger partial charge in [-0.05, 0) is 43.4 Å². The molecule has 4 nitrogen and oxygen atoms in total. The maximum atomic E-state index is 9.36. The Kier molecular flexibility index (Phi) is 9.92. The second-order valence-electron chi connectivity index (χ2n) is 6.40. The Morgan fingerprint density at radius 1 is 1.00 bits per heavy atom. The van der Waals surface area contributed by atoms with E-state index in [4.69, 9.17) is 15.6 Å². The maximum absolute atomic E-state index is 9.36. The summed E-state index contributed by atoms with van der Waals surface area (Å²) < 4.78 is 5.75. The van der Waals surface area contributed by atoms with Gasteiger partial charge in [-0.15, -0.1) is 0 Å². The van der Waals surface area contributed by atoms with E-state index in [1.54, 1.807) is 0 Å². The maximum Gasteiger partial charge on any atom is 0.119 e. The van der Waals surface area contributed by atoms with Crippen molar-refractivity contribution in [2.24, 2.45) is 5.73 Å². The van der Waals surface area contributed by atoms with Gasteiger partial charge in [-0.1, -0.05) is 44.7 Å². The minimum absolute atomic E-state index is 0.00208. The molecule has 132 valence electrons. The van der Waals surface area contributed by atoms with E-state index in [-0.39, 0.29) is 13.2 Å². The van der Waals surface area contributed by atoms with E-state index in [1.165, 1.54) is 31.2 Å². The molecule has 1 unspecified atom stereocenters. The number of aliphatic hydroxyl groups is 2. The van der Waals surface area contributed by atoms with Crippen molar-refractivity contribution >= 4 is 0 Å². The third-order valence-corrected chi connectivity index (χ3v) is 4.28. The molecule has 0 amide bonds. The fraction of sp³-hybridized carbons (Fsp3) is 0.684. The van der Waals surface area contributed by atoms with E-state index < -0.39 is 5.54 Å². The van der Waals surface area contributed by atoms with Gasteiger partial charge >= 0.3 is 0 Å². The van der Waals surface area contributed by atoms with Gasteiger partial charge in [0.05, 0.1) is 13.2 Å². The highest BCUT2D eigenvalue weighted by Gasteiger charge is 2.22. The third kappa shape index (κ3) is 8.35. The summed E-state index contributed by atoms with van der Waals surface area (Å²) in [6, 6.07) is 8.07. The summed E-state index contributed by atoms with van der Waals surface area (Å²) in [6.07, 6.45) is 8.06. The van der Waals surface area contributed by atoms with Gasteiger partial charge in [0.25, 0.3) is 0 Å². The van der Waals surface area contributed by atoms with Crippen molar-refractivity contribution in [3.8, 4) is 5.75 Å². The quantitative estimate of drug-likeness (QED) is 0.488. The molecule has 0 heterocycles. The topological polar surface area (TPSA) is 75.7 Å². The monoisotopic (exact) mass is 323 g/mol. The van der Waals surface area contributed by atoms with Crippen molar-refractivity contribution < 1.29 is 14.9 Å². The van der Waals surface area contributed by atoms with E-state index in [1.807, 2.05) is 24.3 Å². The average molecular weight is 323 g/mol. The normalized spacial score (nSPS) is 13.7. The van der Waals surface area contributed by atoms with Gasteiger partial charge in [0, 0.05) is 12.1 Å². The Hall–Kier alpha value is -1.10. The van der Waals surface area contributed by atoms with Gasteiger partial charge in [-0.2, -0.15) is 0 Å². The summed E-state index contributed by atoms with van der Waals surface area (Å²) in [5.41, 5.74) is 6.54. The van der Waals surface area contributed by atoms with Gasteiger partial charge in [0.2, 0.25) is 0 Å². The molecule has 23 heavy (non-hydrogen) atoms. The lowest BCUT2D eigenvalue weighted by Crippen LogP contribution is -2.44. The first kappa shape index (κ1) is 19.9. The smallest absolute Gasteiger partial charge is 0.119 e. The molecule has 0 saturated carbocycles. The van der Waals surface area contributed by atoms with Gasteiger partial charge in [0.1, 0.15) is 5.75 Å². The van der Waals surface area contributed by atoms with Crippen LogP contribution in [0, 0.1) is 0 Å². The summed E-state index contributed by atoms with van der Waals surface area (Å²) in [5.74, 6) is 0.903. The number of aryl methyl sites for hydroxylation is 1. The van der Waals surface area contributed by atoms with Gasteiger partial charge in [-0.3, -0.25) is 0 Å². The second kappa shape index (κ2) is 11.4. The van der Waals surface area contributed by atoms with Crippen LogP contribution in [0.3, 0.4) is 0 Å². The number of hydrogen-bond donors (Lipinski definition) is 3. The van der Waals surface area contributed by atoms with Gasteiger partial charge in [-0.25, -0.2) is 0 Å². The molecule has 0 fully saturated rings. The zero-order chi connectivity index (χ0) is 17.0. The van der Waals surface area contributed by atoms with Crippen LogP contribution in [-0.4, -0.2) is 35.6 Å². The van der Waals surface area contributed by atoms with E-state index in [0.29, 0.717) is 12.8 Å². The van der Waals surface area contributed by atoms with Crippen LogP contribution < -0.4 is 10.5 Å². The standard InChI is InChI=1S/C19H33NO3/c1-2-3-4-5-6-15-23-18-9-7-17(8-10-18)11-12-19(20,16-22)13-14-21/h7-10,21-22H,2-6,11-16,20H2,1H3. The number of unbranched alkanes of at least 4 members (excludes halogenated alkanes) is 4. The first-order valence-corrected chi connectivity index (χ1v) is 8.86. The van der Waals surface area contributed by atoms with Crippen molar-refractivity contribution in [1.82, 2.24) is 0 Å². The Labute approximate surface area is 140 Å². The van der Waals surface area contributed by atoms with Crippen LogP contribution in [0.25, 0.3) is 0 Å². The number of rotatable bonds is 13. The molecule has 0 aromatic heterocycles. The number of nitrogens with two attached hydrogens (primary N) is 1. The van der Waals surface area contributed by atoms with Crippen LogP contribution in [0.1, 0.15) is 57.4 Å². The third-order valence-electron chi connectivity index (χ3n) is 4.28. The molecule has 0 saturated heterocycles. The minimum Gasteiger partial charge on any atom is -0.494 e. The molecular formula is C19H33NO3. The predicted molar refractivity (Wildman–Crippen MR) is 94.7 cm³/mol. The zero-order valence-corrected chi connectivity index (χ0v) is 14.5. The minimum atomic E-state index is -0.692. The molecule has 4 N–H and O–H groups in total. The molecule has 0 bridgehead atoms. The van der Waals surface area contributed by atoms with Crippen LogP contribution in [0.4, 0.5) is 0 Å². The molecule has 1 aromatic rings. The fourth-order valence-electron chi connectivity index (χ4n) is 2.55. The molecule has 0 aliphatic rings. The Morgan fingerprint density at radius 3 is 2.30 bits per heavy atom. The molecular weight excluding hydrogens is 290 g/mol. The van der Waals surface area contributed by atoms with E-state index in [2.05, 4.69) is 6.92 Å². The number of aliphatic hydroxyl groups excluding tert-OH is 2. The lowest BCUT2D eigenvalue weighted by atomic mass is 9.90. The van der Waals surface area contributed by atoms with Crippen molar-refractivity contribution in [3.05, 3.63) is 29.8 Å². The molecule has 0 aliphatic carbocycles. The molecule has 1 rings (SSSR count). The highest BCUT2D eigenvalue weighted by Crippen LogP contribution is 2.18. The van der Waals surface area contributed by atoms with Gasteiger partial charge < -0.3 is 20.7 Å². The molecule has 0 radical (unpaired) electrons. The Bertz CT molecular complexity index is 408. The van der Waals surface area contributed by atoms with Crippen LogP contribution in [-0.2, 0) is 6.42 Å². The van der Waals surface area contributed by atoms with Crippen LogP contribution >= 0.6 is 0 Å². The van der Waals surface area contributed by atoms with Crippen molar-refractivity contribution in [1.29, 1.82) is 0 Å². The van der Waals surface area contributed by atoms with Gasteiger partial charge in [0.15, 0.2) is 0 Å². The summed E-state index contributed by atoms with van der Waals surface area (Å²) >= 11 is 0. The zero-order valence-electron chi connectivity index (χ0n) is 14.5. The molecule has 1 atom stereocenters. The Morgan fingerprint density at radius 2 is 1.70 bits per heavy atom. The second-order valence-corrected chi connectivity index (χ2v) is 6.40. The number of ether oxygens (including phenoxy) is 1. The van der Waals surface area contributed by atoms with E-state index in [9.17, 15) is 5.11 Å². The first-order chi connectivity index (χ1) is 11.1. The lowest BCUT2D eigenvalue weighted by molar-refractivity contribution is 0.149. The Balaban J connectivity index is 2.30. The molecule has 4 heteroatoms. The van der Waals surface area contributed by atoms with E-state index >= 15 is 0 Å². The molecule has 0 aliphatic heterocycles. The summed E-state index contributed by atoms with van der Waals surface area (Å²) in [4.78, 5) is 0. The largest absolute Gasteiger partial charge is 0.494 e. The van der Waals surface area contributed by atoms with Crippen LogP contribution in [0.2, 0.25) is 0 Å². The molecule has 1 aromatic carbocycles. The highest BCUT2D eigenvalue weighted by molar-refractivity contribution is 5.27. The summed E-state index contributed by atoms with van der Waals surface area (Å²) in [6.45, 7) is 2.89. The van der Waals surface area contributed by atoms with Crippen molar-refractivity contribution in [3.63, 3.8) is 0 Å². The van der Waals surface area contributed by atoms with Crippen molar-refractivity contribution in [2.75, 3.05) is 19.8 Å². The van der Waals surface area contributed by atoms with Crippen LogP contribution in [0.5, 0.6) is 5.75 Å². The SMILES string of the molecule is CCCCCCCOc1ccc(CCC(N)(CO)CCO)cc1. The number of hydrogen-bond acceptors (Lipinski definition) is 4. The fourth-order valence-corrected chi connectivity index (χ4v) is 2.55. The first-order valence-electron chi connectivity index (χ1n) is 8.86. The summed E-state index contributed by atoms with van der Waals surface area (Å²) in [7, 11) is 0. The van der Waals surface area contributed by atoms with Crippen LogP contribution in [0.15, 0.2) is 24.3 Å². The lowest BCUT2D eigenvalue weighted by Gasteiger charge is -2.26. The van der Waals surface area contributed by atoms with E-state index in [0.717, 1.165) is 25.2 Å².